The van der Waals surface area contributed by atoms with Crippen LogP contribution in [0, 0.1) is 5.82 Å². The first-order valence-electron chi connectivity index (χ1n) is 8.69. The topological polar surface area (TPSA) is 52.3 Å². The zero-order valence-electron chi connectivity index (χ0n) is 15.4. The van der Waals surface area contributed by atoms with E-state index in [1.807, 2.05) is 41.9 Å². The number of imidazole rings is 1. The Morgan fingerprint density at radius 2 is 2.15 bits per heavy atom. The molecule has 0 unspecified atom stereocenters. The van der Waals surface area contributed by atoms with Crippen LogP contribution in [-0.4, -0.2) is 19.4 Å². The number of hydrogen-bond acceptors (Lipinski definition) is 4. The van der Waals surface area contributed by atoms with E-state index in [9.17, 15) is 4.39 Å². The summed E-state index contributed by atoms with van der Waals surface area (Å²) in [7, 11) is 0. The van der Waals surface area contributed by atoms with E-state index >= 15 is 0 Å². The van der Waals surface area contributed by atoms with Crippen LogP contribution < -0.4 is 4.74 Å². The normalized spacial score (nSPS) is 12.0. The van der Waals surface area contributed by atoms with Crippen molar-refractivity contribution in [3.8, 4) is 5.75 Å². The summed E-state index contributed by atoms with van der Waals surface area (Å²) in [4.78, 5) is 12.6. The van der Waals surface area contributed by atoms with Crippen molar-refractivity contribution in [3.63, 3.8) is 0 Å². The lowest BCUT2D eigenvalue weighted by Gasteiger charge is -2.09. The van der Waals surface area contributed by atoms with E-state index in [0.29, 0.717) is 17.2 Å². The molecule has 27 heavy (non-hydrogen) atoms. The van der Waals surface area contributed by atoms with Crippen molar-refractivity contribution in [1.29, 1.82) is 0 Å². The van der Waals surface area contributed by atoms with Crippen molar-refractivity contribution in [1.82, 2.24) is 19.4 Å². The van der Waals surface area contributed by atoms with Crippen molar-refractivity contribution < 1.29 is 9.13 Å². The summed E-state index contributed by atoms with van der Waals surface area (Å²) in [6, 6.07) is 1.29. The summed E-state index contributed by atoms with van der Waals surface area (Å²) in [6.07, 6.45) is 15.1. The van der Waals surface area contributed by atoms with E-state index in [-0.39, 0.29) is 6.61 Å². The maximum absolute atomic E-state index is 13.2. The number of nitrogens with zero attached hydrogens (tertiary/aromatic N) is 4. The highest BCUT2D eigenvalue weighted by Gasteiger charge is 2.09. The van der Waals surface area contributed by atoms with Crippen LogP contribution in [0.15, 0.2) is 67.4 Å². The maximum atomic E-state index is 13.2. The van der Waals surface area contributed by atoms with Crippen LogP contribution in [0.2, 0.25) is 0 Å². The standard InChI is InChI=1S/C21H21FN4O/c1-4-6-7-20(15(3)5-2)16-9-24-21-25-18(13-26(21)12-16)14-27-19-8-17(22)10-23-11-19/h4,6-13H,3,5,14H2,1-2H3/b6-4-,20-7+. The average molecular weight is 364 g/mol. The molecular formula is C21H21FN4O. The van der Waals surface area contributed by atoms with Gasteiger partial charge in [0.25, 0.3) is 0 Å². The Kier molecular flexibility index (Phi) is 5.76. The fourth-order valence-electron chi connectivity index (χ4n) is 2.57. The third-order valence-corrected chi connectivity index (χ3v) is 4.00. The van der Waals surface area contributed by atoms with Crippen molar-refractivity contribution >= 4 is 11.4 Å². The van der Waals surface area contributed by atoms with E-state index in [1.165, 1.54) is 12.3 Å². The van der Waals surface area contributed by atoms with Crippen LogP contribution in [0.25, 0.3) is 11.4 Å². The first-order chi connectivity index (χ1) is 13.1. The first kappa shape index (κ1) is 18.5. The van der Waals surface area contributed by atoms with E-state index < -0.39 is 5.82 Å². The van der Waals surface area contributed by atoms with Gasteiger partial charge in [-0.25, -0.2) is 14.4 Å². The molecule has 0 saturated carbocycles. The van der Waals surface area contributed by atoms with E-state index in [0.717, 1.165) is 29.3 Å². The van der Waals surface area contributed by atoms with Gasteiger partial charge in [-0.15, -0.1) is 0 Å². The molecule has 0 radical (unpaired) electrons. The molecule has 0 bridgehead atoms. The molecule has 0 saturated heterocycles. The quantitative estimate of drug-likeness (QED) is 0.567. The van der Waals surface area contributed by atoms with Crippen LogP contribution in [0.5, 0.6) is 5.75 Å². The van der Waals surface area contributed by atoms with Crippen molar-refractivity contribution in [2.24, 2.45) is 0 Å². The third-order valence-electron chi connectivity index (χ3n) is 4.00. The molecule has 3 rings (SSSR count). The van der Waals surface area contributed by atoms with Gasteiger partial charge in [0.15, 0.2) is 0 Å². The summed E-state index contributed by atoms with van der Waals surface area (Å²) in [5.41, 5.74) is 3.74. The monoisotopic (exact) mass is 364 g/mol. The lowest BCUT2D eigenvalue weighted by molar-refractivity contribution is 0.299. The Balaban J connectivity index is 1.84. The van der Waals surface area contributed by atoms with Crippen molar-refractivity contribution in [3.05, 3.63) is 84.5 Å². The van der Waals surface area contributed by atoms with Crippen LogP contribution in [0.4, 0.5) is 4.39 Å². The second kappa shape index (κ2) is 8.40. The Morgan fingerprint density at radius 3 is 2.89 bits per heavy atom. The second-order valence-corrected chi connectivity index (χ2v) is 5.97. The smallest absolute Gasteiger partial charge is 0.234 e. The molecule has 0 fully saturated rings. The van der Waals surface area contributed by atoms with Gasteiger partial charge in [0, 0.05) is 30.2 Å². The SMILES string of the molecule is C=C(CC)/C(=C\C=C/C)c1cnc2nc(COc3cncc(F)c3)cn2c1. The second-order valence-electron chi connectivity index (χ2n) is 5.97. The molecule has 0 aliphatic carbocycles. The lowest BCUT2D eigenvalue weighted by atomic mass is 9.99. The van der Waals surface area contributed by atoms with Gasteiger partial charge in [-0.1, -0.05) is 31.7 Å². The molecule has 0 aromatic carbocycles. The van der Waals surface area contributed by atoms with Crippen LogP contribution in [0.3, 0.4) is 0 Å². The predicted molar refractivity (Wildman–Crippen MR) is 104 cm³/mol. The molecule has 0 aliphatic heterocycles. The largest absolute Gasteiger partial charge is 0.486 e. The number of fused-ring (bicyclic) bond motifs is 1. The highest BCUT2D eigenvalue weighted by Crippen LogP contribution is 2.24. The minimum Gasteiger partial charge on any atom is -0.486 e. The van der Waals surface area contributed by atoms with Crippen molar-refractivity contribution in [2.45, 2.75) is 26.9 Å². The Labute approximate surface area is 157 Å². The number of aromatic nitrogens is 4. The van der Waals surface area contributed by atoms with E-state index in [1.54, 1.807) is 6.20 Å². The highest BCUT2D eigenvalue weighted by atomic mass is 19.1. The highest BCUT2D eigenvalue weighted by molar-refractivity contribution is 5.79. The van der Waals surface area contributed by atoms with Gasteiger partial charge in [0.1, 0.15) is 18.2 Å². The molecule has 0 amide bonds. The molecule has 0 N–H and O–H groups in total. The Morgan fingerprint density at radius 1 is 1.30 bits per heavy atom. The number of pyridine rings is 1. The average Bonchev–Trinajstić information content (AvgIpc) is 3.09. The summed E-state index contributed by atoms with van der Waals surface area (Å²) in [5, 5.41) is 0. The lowest BCUT2D eigenvalue weighted by Crippen LogP contribution is -1.96. The van der Waals surface area contributed by atoms with Gasteiger partial charge in [-0.3, -0.25) is 9.38 Å². The summed E-state index contributed by atoms with van der Waals surface area (Å²) < 4.78 is 20.6. The summed E-state index contributed by atoms with van der Waals surface area (Å²) in [5.74, 6) is 0.490. The van der Waals surface area contributed by atoms with Gasteiger partial charge in [0.05, 0.1) is 18.1 Å². The zero-order chi connectivity index (χ0) is 19.2. The van der Waals surface area contributed by atoms with Gasteiger partial charge in [-0.05, 0) is 24.5 Å². The summed E-state index contributed by atoms with van der Waals surface area (Å²) >= 11 is 0. The van der Waals surface area contributed by atoms with Gasteiger partial charge >= 0.3 is 0 Å². The van der Waals surface area contributed by atoms with E-state index in [4.69, 9.17) is 4.74 Å². The molecule has 5 nitrogen and oxygen atoms in total. The number of halogens is 1. The Bertz CT molecular complexity index is 1020. The predicted octanol–water partition coefficient (Wildman–Crippen LogP) is 4.77. The molecular weight excluding hydrogens is 343 g/mol. The molecule has 3 heterocycles. The molecule has 0 atom stereocenters. The maximum Gasteiger partial charge on any atom is 0.234 e. The summed E-state index contributed by atoms with van der Waals surface area (Å²) in [6.45, 7) is 8.40. The zero-order valence-corrected chi connectivity index (χ0v) is 15.4. The minimum atomic E-state index is -0.439. The van der Waals surface area contributed by atoms with Crippen LogP contribution in [-0.2, 0) is 6.61 Å². The number of ether oxygens (including phenoxy) is 1. The third kappa shape index (κ3) is 4.47. The number of hydrogen-bond donors (Lipinski definition) is 0. The van der Waals surface area contributed by atoms with Gasteiger partial charge in [0.2, 0.25) is 5.78 Å². The van der Waals surface area contributed by atoms with Gasteiger partial charge in [-0.2, -0.15) is 0 Å². The fraction of sp³-hybridized carbons (Fsp3) is 0.190. The molecule has 0 aliphatic rings. The van der Waals surface area contributed by atoms with Gasteiger partial charge < -0.3 is 4.74 Å². The van der Waals surface area contributed by atoms with Crippen LogP contribution >= 0.6 is 0 Å². The number of allylic oxidation sites excluding steroid dienone is 5. The number of rotatable bonds is 7. The van der Waals surface area contributed by atoms with E-state index in [2.05, 4.69) is 28.5 Å². The molecule has 3 aromatic heterocycles. The molecule has 3 aromatic rings. The molecule has 138 valence electrons. The van der Waals surface area contributed by atoms with Crippen molar-refractivity contribution in [2.75, 3.05) is 0 Å². The molecule has 0 spiro atoms. The minimum absolute atomic E-state index is 0.201. The molecule has 6 heteroatoms. The van der Waals surface area contributed by atoms with Crippen LogP contribution in [0.1, 0.15) is 31.5 Å². The fourth-order valence-corrected chi connectivity index (χ4v) is 2.57. The Hall–Kier alpha value is -3.28. The first-order valence-corrected chi connectivity index (χ1v) is 8.69.